The minimum absolute atomic E-state index is 0.408. The number of aromatic nitrogens is 4. The van der Waals surface area contributed by atoms with Gasteiger partial charge < -0.3 is 9.45 Å². The smallest absolute Gasteiger partial charge is 0.219 e. The van der Waals surface area contributed by atoms with Crippen molar-refractivity contribution in [3.63, 3.8) is 0 Å². The Bertz CT molecular complexity index is 963. The third kappa shape index (κ3) is 5.86. The van der Waals surface area contributed by atoms with Crippen molar-refractivity contribution in [1.29, 1.82) is 0 Å². The van der Waals surface area contributed by atoms with Crippen LogP contribution in [0.2, 0.25) is 0 Å². The van der Waals surface area contributed by atoms with Gasteiger partial charge in [-0.15, -0.1) is 0 Å². The Labute approximate surface area is 166 Å². The van der Waals surface area contributed by atoms with E-state index in [1.54, 1.807) is 6.20 Å². The number of pyridine rings is 2. The van der Waals surface area contributed by atoms with E-state index >= 15 is 0 Å². The summed E-state index contributed by atoms with van der Waals surface area (Å²) < 4.78 is 17.4. The molecule has 8 nitrogen and oxygen atoms in total. The standard InChI is InChI=1S/C19H25N7OS/c1-2-13-26(17-9-4-6-11-21-17)14-7-12-22-18-19(25-28(27)24-18)23-15-16-8-3-5-10-20-16/h3-6,8-11H,2,7,12-15H2,1H3,(H,22,24)(H,23,25). The Kier molecular flexibility index (Phi) is 7.51. The molecule has 0 aliphatic rings. The van der Waals surface area contributed by atoms with Gasteiger partial charge in [-0.3, -0.25) is 15.0 Å². The summed E-state index contributed by atoms with van der Waals surface area (Å²) in [5.41, 5.74) is 1.90. The molecule has 1 unspecified atom stereocenters. The monoisotopic (exact) mass is 399 g/mol. The molecule has 0 saturated carbocycles. The minimum atomic E-state index is -1.39. The van der Waals surface area contributed by atoms with E-state index in [0.717, 1.165) is 37.4 Å². The fraction of sp³-hybridized carbons (Fsp3) is 0.368. The molecule has 2 N–H and O–H groups in total. The number of nitrogens with zero attached hydrogens (tertiary/aromatic N) is 5. The first-order valence-corrected chi connectivity index (χ1v) is 10.5. The Morgan fingerprint density at radius 3 is 2.43 bits per heavy atom. The zero-order chi connectivity index (χ0) is 19.6. The second-order valence-corrected chi connectivity index (χ2v) is 7.16. The van der Waals surface area contributed by atoms with Gasteiger partial charge in [0.2, 0.25) is 11.0 Å². The molecular weight excluding hydrogens is 374 g/mol. The highest BCUT2D eigenvalue weighted by Gasteiger charge is 2.06. The number of aromatic amines is 2. The van der Waals surface area contributed by atoms with E-state index in [1.165, 1.54) is 0 Å². The van der Waals surface area contributed by atoms with Crippen LogP contribution in [0.15, 0.2) is 58.8 Å². The Hall–Kier alpha value is -2.78. The highest BCUT2D eigenvalue weighted by molar-refractivity contribution is 7.13. The first kappa shape index (κ1) is 20.0. The van der Waals surface area contributed by atoms with Crippen molar-refractivity contribution in [2.75, 3.05) is 24.5 Å². The Morgan fingerprint density at radius 1 is 1.00 bits per heavy atom. The molecule has 1 atom stereocenters. The summed E-state index contributed by atoms with van der Waals surface area (Å²) in [4.78, 5) is 19.9. The normalized spacial score (nSPS) is 13.1. The highest BCUT2D eigenvalue weighted by Crippen LogP contribution is 2.10. The number of H-pyrrole nitrogens is 2. The largest absolute Gasteiger partial charge is 0.549 e. The van der Waals surface area contributed by atoms with Crippen molar-refractivity contribution in [3.8, 4) is 0 Å². The molecule has 0 aliphatic carbocycles. The van der Waals surface area contributed by atoms with E-state index in [1.807, 2.05) is 42.6 Å². The molecule has 3 heterocycles. The SMILES string of the molecule is CCCN(CCCN=c1[nH][s+]([O-])[nH]c1=NCc1ccccn1)c1ccccn1. The molecule has 0 radical (unpaired) electrons. The van der Waals surface area contributed by atoms with Crippen molar-refractivity contribution < 1.29 is 4.55 Å². The van der Waals surface area contributed by atoms with E-state index in [0.29, 0.717) is 24.1 Å². The van der Waals surface area contributed by atoms with Crippen LogP contribution in [0.3, 0.4) is 0 Å². The van der Waals surface area contributed by atoms with Crippen molar-refractivity contribution in [1.82, 2.24) is 18.7 Å². The molecule has 0 saturated heterocycles. The van der Waals surface area contributed by atoms with Gasteiger partial charge in [0.25, 0.3) is 0 Å². The number of nitrogens with one attached hydrogen (secondary N) is 2. The molecule has 3 rings (SSSR count). The lowest BCUT2D eigenvalue weighted by Crippen LogP contribution is -2.28. The van der Waals surface area contributed by atoms with Gasteiger partial charge in [-0.05, 0) is 37.1 Å². The molecule has 0 spiro atoms. The van der Waals surface area contributed by atoms with Crippen LogP contribution in [0.1, 0.15) is 25.5 Å². The van der Waals surface area contributed by atoms with E-state index in [4.69, 9.17) is 0 Å². The van der Waals surface area contributed by atoms with E-state index < -0.39 is 11.1 Å². The van der Waals surface area contributed by atoms with Crippen LogP contribution in [-0.4, -0.2) is 42.9 Å². The second-order valence-electron chi connectivity index (χ2n) is 6.22. The van der Waals surface area contributed by atoms with Gasteiger partial charge >= 0.3 is 0 Å². The summed E-state index contributed by atoms with van der Waals surface area (Å²) in [6.45, 7) is 4.98. The lowest BCUT2D eigenvalue weighted by molar-refractivity contribution is 0.584. The highest BCUT2D eigenvalue weighted by atomic mass is 32.2. The number of hydrogen-bond donors (Lipinski definition) is 2. The molecule has 0 amide bonds. The van der Waals surface area contributed by atoms with Crippen molar-refractivity contribution >= 4 is 17.0 Å². The van der Waals surface area contributed by atoms with Gasteiger partial charge in [0, 0.05) is 32.0 Å². The maximum absolute atomic E-state index is 11.8. The summed E-state index contributed by atoms with van der Waals surface area (Å²) in [6, 6.07) is 11.6. The summed E-state index contributed by atoms with van der Waals surface area (Å²) >= 11 is -1.39. The number of anilines is 1. The first-order chi connectivity index (χ1) is 13.8. The van der Waals surface area contributed by atoms with Gasteiger partial charge in [0.15, 0.2) is 0 Å². The van der Waals surface area contributed by atoms with Gasteiger partial charge in [-0.2, -0.15) is 8.75 Å². The summed E-state index contributed by atoms with van der Waals surface area (Å²) in [5, 5.41) is 0. The third-order valence-corrected chi connectivity index (χ3v) is 4.81. The maximum Gasteiger partial charge on any atom is 0.219 e. The molecule has 28 heavy (non-hydrogen) atoms. The number of hydrogen-bond acceptors (Lipinski definition) is 6. The molecule has 148 valence electrons. The summed E-state index contributed by atoms with van der Waals surface area (Å²) in [6.07, 6.45) is 5.46. The van der Waals surface area contributed by atoms with Crippen LogP contribution in [0.25, 0.3) is 0 Å². The molecule has 0 aromatic carbocycles. The van der Waals surface area contributed by atoms with Crippen molar-refractivity contribution in [2.45, 2.75) is 26.3 Å². The lowest BCUT2D eigenvalue weighted by Gasteiger charge is -2.22. The summed E-state index contributed by atoms with van der Waals surface area (Å²) in [7, 11) is 0. The molecule has 0 aliphatic heterocycles. The van der Waals surface area contributed by atoms with Gasteiger partial charge in [-0.25, -0.2) is 4.98 Å². The molecule has 3 aromatic heterocycles. The van der Waals surface area contributed by atoms with Crippen LogP contribution in [0.5, 0.6) is 0 Å². The van der Waals surface area contributed by atoms with Crippen molar-refractivity contribution in [3.05, 3.63) is 65.5 Å². The van der Waals surface area contributed by atoms with Crippen LogP contribution >= 0.6 is 11.1 Å². The second kappa shape index (κ2) is 10.5. The Morgan fingerprint density at radius 2 is 1.75 bits per heavy atom. The molecular formula is C19H25N7OS. The molecule has 0 fully saturated rings. The predicted octanol–water partition coefficient (Wildman–Crippen LogP) is 2.17. The van der Waals surface area contributed by atoms with Crippen LogP contribution in [0, 0.1) is 0 Å². The summed E-state index contributed by atoms with van der Waals surface area (Å²) in [5.74, 6) is 0.983. The zero-order valence-electron chi connectivity index (χ0n) is 15.9. The van der Waals surface area contributed by atoms with E-state index in [2.05, 4.69) is 40.5 Å². The van der Waals surface area contributed by atoms with E-state index in [-0.39, 0.29) is 0 Å². The first-order valence-electron chi connectivity index (χ1n) is 9.36. The van der Waals surface area contributed by atoms with Gasteiger partial charge in [0.05, 0.1) is 12.2 Å². The molecule has 0 bridgehead atoms. The topological polar surface area (TPSA) is 108 Å². The fourth-order valence-corrected chi connectivity index (χ4v) is 3.49. The fourth-order valence-electron chi connectivity index (χ4n) is 2.77. The zero-order valence-corrected chi connectivity index (χ0v) is 16.7. The van der Waals surface area contributed by atoms with Crippen molar-refractivity contribution in [2.24, 2.45) is 9.98 Å². The number of rotatable bonds is 9. The Balaban J connectivity index is 1.64. The van der Waals surface area contributed by atoms with Crippen LogP contribution in [-0.2, 0) is 6.54 Å². The molecule has 3 aromatic rings. The average Bonchev–Trinajstić information content (AvgIpc) is 3.09. The van der Waals surface area contributed by atoms with Crippen LogP contribution < -0.4 is 15.9 Å². The quantitative estimate of drug-likeness (QED) is 0.424. The predicted molar refractivity (Wildman–Crippen MR) is 109 cm³/mol. The molecule has 9 heteroatoms. The van der Waals surface area contributed by atoms with Gasteiger partial charge in [-0.1, -0.05) is 19.1 Å². The average molecular weight is 400 g/mol. The third-order valence-electron chi connectivity index (χ3n) is 4.05. The van der Waals surface area contributed by atoms with Gasteiger partial charge in [0.1, 0.15) is 17.0 Å². The maximum atomic E-state index is 11.8. The minimum Gasteiger partial charge on any atom is -0.549 e. The van der Waals surface area contributed by atoms with E-state index in [9.17, 15) is 4.55 Å². The van der Waals surface area contributed by atoms with Crippen LogP contribution in [0.4, 0.5) is 5.82 Å². The lowest BCUT2D eigenvalue weighted by atomic mass is 10.3.